The molecule has 0 radical (unpaired) electrons. The van der Waals surface area contributed by atoms with Gasteiger partial charge in [-0.3, -0.25) is 14.3 Å². The van der Waals surface area contributed by atoms with E-state index in [1.165, 1.54) is 0 Å². The molecule has 0 aliphatic carbocycles. The number of nitrogens with zero attached hydrogens (tertiary/aromatic N) is 4. The Morgan fingerprint density at radius 2 is 1.91 bits per heavy atom. The summed E-state index contributed by atoms with van der Waals surface area (Å²) in [6, 6.07) is 0.900. The first-order valence-electron chi connectivity index (χ1n) is 10.8. The van der Waals surface area contributed by atoms with E-state index in [4.69, 9.17) is 29.2 Å². The van der Waals surface area contributed by atoms with Crippen LogP contribution in [0.15, 0.2) is 20.8 Å². The molecule has 12 nitrogen and oxygen atoms in total. The van der Waals surface area contributed by atoms with E-state index in [9.17, 15) is 9.59 Å². The lowest BCUT2D eigenvalue weighted by molar-refractivity contribution is -0.220. The lowest BCUT2D eigenvalue weighted by Crippen LogP contribution is -2.41. The van der Waals surface area contributed by atoms with Gasteiger partial charge in [0.25, 0.3) is 5.56 Å². The van der Waals surface area contributed by atoms with Gasteiger partial charge in [-0.25, -0.2) is 9.18 Å². The number of nitrogens with one attached hydrogen (secondary N) is 1. The molecule has 3 aliphatic rings. The second-order valence-corrected chi connectivity index (χ2v) is 7.89. The average Bonchev–Trinajstić information content (AvgIpc) is 3.09. The van der Waals surface area contributed by atoms with E-state index < -0.39 is 48.4 Å². The molecule has 1 aromatic rings. The summed E-state index contributed by atoms with van der Waals surface area (Å²) < 4.78 is 45.1. The number of hydrogen-bond donors (Lipinski definition) is 1. The number of alkyl halides is 1. The number of H-pyrrole nitrogens is 1. The van der Waals surface area contributed by atoms with Gasteiger partial charge in [-0.05, 0) is 49.2 Å². The maximum Gasteiger partial charge on any atom is 0.330 e. The zero-order valence-electron chi connectivity index (χ0n) is 17.4. The van der Waals surface area contributed by atoms with Crippen molar-refractivity contribution in [3.05, 3.63) is 37.3 Å². The molecular formula is C19H26FN5O7. The van der Waals surface area contributed by atoms with Gasteiger partial charge in [0, 0.05) is 24.2 Å². The van der Waals surface area contributed by atoms with Crippen LogP contribution in [-0.4, -0.2) is 60.3 Å². The molecule has 3 fully saturated rings. The van der Waals surface area contributed by atoms with Crippen LogP contribution in [-0.2, 0) is 23.7 Å². The Bertz CT molecular complexity index is 937. The van der Waals surface area contributed by atoms with E-state index in [-0.39, 0.29) is 12.4 Å². The van der Waals surface area contributed by atoms with Crippen molar-refractivity contribution in [1.29, 1.82) is 0 Å². The number of aromatic nitrogens is 2. The monoisotopic (exact) mass is 455 g/mol. The standard InChI is InChI=1S/C19H26FN5O7/c20-16-17(32-15-6-2-4-8-29-15)11(10-30-14-5-1-3-7-28-14)31-18(16)25-12(23-24-21)9-13(26)22-19(25)27/h9,11,14-18H,1-8,10H2,(H,22,26,27)/t11-,14?,15?,16-,17-,18-/m1/s1. The van der Waals surface area contributed by atoms with Crippen LogP contribution >= 0.6 is 0 Å². The van der Waals surface area contributed by atoms with Gasteiger partial charge in [0.05, 0.1) is 6.61 Å². The zero-order valence-corrected chi connectivity index (χ0v) is 17.4. The lowest BCUT2D eigenvalue weighted by atomic mass is 10.1. The van der Waals surface area contributed by atoms with Gasteiger partial charge in [-0.2, -0.15) is 0 Å². The summed E-state index contributed by atoms with van der Waals surface area (Å²) in [6.07, 6.45) is -1.31. The zero-order chi connectivity index (χ0) is 22.5. The number of rotatable bonds is 7. The molecule has 0 amide bonds. The van der Waals surface area contributed by atoms with Crippen molar-refractivity contribution >= 4 is 5.82 Å². The van der Waals surface area contributed by atoms with Crippen molar-refractivity contribution in [1.82, 2.24) is 9.55 Å². The Labute approximate surface area is 182 Å². The van der Waals surface area contributed by atoms with Crippen LogP contribution in [0, 0.1) is 0 Å². The van der Waals surface area contributed by atoms with Gasteiger partial charge < -0.3 is 23.7 Å². The third-order valence-electron chi connectivity index (χ3n) is 5.66. The van der Waals surface area contributed by atoms with E-state index in [0.29, 0.717) is 26.1 Å². The molecule has 1 aromatic heterocycles. The highest BCUT2D eigenvalue weighted by atomic mass is 19.1. The van der Waals surface area contributed by atoms with Crippen LogP contribution < -0.4 is 11.2 Å². The van der Waals surface area contributed by atoms with E-state index in [2.05, 4.69) is 10.0 Å². The SMILES string of the molecule is [N-]=[N+]=Nc1cc(=O)[nH]c(=O)n1[C@@H]1O[C@H](COC2CCCCO2)[C@@H](OC2CCCCO2)[C@H]1F. The first-order valence-corrected chi connectivity index (χ1v) is 10.8. The largest absolute Gasteiger partial charge is 0.353 e. The smallest absolute Gasteiger partial charge is 0.330 e. The molecule has 13 heteroatoms. The molecule has 3 saturated heterocycles. The molecule has 0 bridgehead atoms. The normalized spacial score (nSPS) is 33.0. The lowest BCUT2D eigenvalue weighted by Gasteiger charge is -2.29. The first-order chi connectivity index (χ1) is 15.6. The van der Waals surface area contributed by atoms with Crippen molar-refractivity contribution in [2.45, 2.75) is 75.7 Å². The summed E-state index contributed by atoms with van der Waals surface area (Å²) in [7, 11) is 0. The van der Waals surface area contributed by atoms with Crippen LogP contribution in [0.25, 0.3) is 10.4 Å². The third-order valence-corrected chi connectivity index (χ3v) is 5.66. The second-order valence-electron chi connectivity index (χ2n) is 7.89. The predicted octanol–water partition coefficient (Wildman–Crippen LogP) is 2.17. The van der Waals surface area contributed by atoms with Gasteiger partial charge in [0.1, 0.15) is 18.0 Å². The molecule has 176 valence electrons. The summed E-state index contributed by atoms with van der Waals surface area (Å²) in [5.41, 5.74) is 7.07. The van der Waals surface area contributed by atoms with Crippen molar-refractivity contribution in [3.63, 3.8) is 0 Å². The fourth-order valence-corrected chi connectivity index (χ4v) is 4.10. The van der Waals surface area contributed by atoms with Gasteiger partial charge in [-0.1, -0.05) is 0 Å². The van der Waals surface area contributed by atoms with Crippen LogP contribution in [0.1, 0.15) is 44.8 Å². The van der Waals surface area contributed by atoms with Crippen molar-refractivity contribution < 1.29 is 28.1 Å². The Morgan fingerprint density at radius 1 is 1.19 bits per heavy atom. The highest BCUT2D eigenvalue weighted by Crippen LogP contribution is 2.37. The topological polar surface area (TPSA) is 150 Å². The summed E-state index contributed by atoms with van der Waals surface area (Å²) in [6.45, 7) is 1.06. The molecule has 1 N–H and O–H groups in total. The third kappa shape index (κ3) is 5.20. The number of hydrogen-bond acceptors (Lipinski definition) is 8. The molecule has 0 spiro atoms. The van der Waals surface area contributed by atoms with Crippen LogP contribution in [0.2, 0.25) is 0 Å². The Balaban J connectivity index is 1.58. The highest BCUT2D eigenvalue weighted by Gasteiger charge is 2.49. The van der Waals surface area contributed by atoms with E-state index >= 15 is 4.39 Å². The summed E-state index contributed by atoms with van der Waals surface area (Å²) >= 11 is 0. The maximum absolute atomic E-state index is 15.6. The van der Waals surface area contributed by atoms with Crippen molar-refractivity contribution in [2.75, 3.05) is 19.8 Å². The number of halogens is 1. The average molecular weight is 455 g/mol. The van der Waals surface area contributed by atoms with Gasteiger partial charge >= 0.3 is 5.69 Å². The van der Waals surface area contributed by atoms with Gasteiger partial charge in [0.2, 0.25) is 0 Å². The Kier molecular flexibility index (Phi) is 7.55. The Morgan fingerprint density at radius 3 is 2.56 bits per heavy atom. The molecule has 2 unspecified atom stereocenters. The molecule has 32 heavy (non-hydrogen) atoms. The fourth-order valence-electron chi connectivity index (χ4n) is 4.10. The number of aromatic amines is 1. The molecule has 0 aromatic carbocycles. The number of azide groups is 1. The predicted molar refractivity (Wildman–Crippen MR) is 107 cm³/mol. The second kappa shape index (κ2) is 10.6. The molecule has 6 atom stereocenters. The minimum absolute atomic E-state index is 0.0338. The van der Waals surface area contributed by atoms with Crippen LogP contribution in [0.5, 0.6) is 0 Å². The van der Waals surface area contributed by atoms with E-state index in [0.717, 1.165) is 36.3 Å². The molecular weight excluding hydrogens is 429 g/mol. The Hall–Kier alpha value is -2.28. The molecule has 4 rings (SSSR count). The molecule has 4 heterocycles. The van der Waals surface area contributed by atoms with Gasteiger partial charge in [-0.15, -0.1) is 0 Å². The van der Waals surface area contributed by atoms with Gasteiger partial charge in [0.15, 0.2) is 25.0 Å². The maximum atomic E-state index is 15.6. The molecule has 3 aliphatic heterocycles. The minimum atomic E-state index is -1.82. The van der Waals surface area contributed by atoms with E-state index in [1.54, 1.807) is 0 Å². The van der Waals surface area contributed by atoms with Crippen molar-refractivity contribution in [2.24, 2.45) is 5.11 Å². The van der Waals surface area contributed by atoms with Crippen molar-refractivity contribution in [3.8, 4) is 0 Å². The summed E-state index contributed by atoms with van der Waals surface area (Å²) in [4.78, 5) is 28.7. The first kappa shape index (κ1) is 22.9. The number of ether oxygens (including phenoxy) is 5. The summed E-state index contributed by atoms with van der Waals surface area (Å²) in [5, 5.41) is 3.35. The quantitative estimate of drug-likeness (QED) is 0.376. The van der Waals surface area contributed by atoms with Crippen LogP contribution in [0.4, 0.5) is 10.2 Å². The highest BCUT2D eigenvalue weighted by molar-refractivity contribution is 5.26. The minimum Gasteiger partial charge on any atom is -0.353 e. The fraction of sp³-hybridized carbons (Fsp3) is 0.789. The molecule has 0 saturated carbocycles. The summed E-state index contributed by atoms with van der Waals surface area (Å²) in [5.74, 6) is -0.362. The van der Waals surface area contributed by atoms with Crippen LogP contribution in [0.3, 0.4) is 0 Å². The van der Waals surface area contributed by atoms with E-state index in [1.807, 2.05) is 4.98 Å².